The van der Waals surface area contributed by atoms with E-state index in [1.54, 1.807) is 25.0 Å². The quantitative estimate of drug-likeness (QED) is 0.806. The van der Waals surface area contributed by atoms with E-state index < -0.39 is 0 Å². The Morgan fingerprint density at radius 3 is 3.11 bits per heavy atom. The number of nitrogens with one attached hydrogen (secondary N) is 1. The van der Waals surface area contributed by atoms with Crippen LogP contribution in [0.4, 0.5) is 0 Å². The van der Waals surface area contributed by atoms with Crippen LogP contribution < -0.4 is 10.1 Å². The van der Waals surface area contributed by atoms with Crippen molar-refractivity contribution in [3.63, 3.8) is 0 Å². The highest BCUT2D eigenvalue weighted by Gasteiger charge is 2.20. The average molecular weight is 251 g/mol. The van der Waals surface area contributed by atoms with Gasteiger partial charge in [0.1, 0.15) is 5.69 Å². The van der Waals surface area contributed by atoms with Gasteiger partial charge in [-0.1, -0.05) is 6.42 Å². The lowest BCUT2D eigenvalue weighted by molar-refractivity contribution is 0.0962. The summed E-state index contributed by atoms with van der Waals surface area (Å²) in [6, 6.07) is 0.488. The number of carbonyl (C=O) groups is 1. The molecule has 1 N–H and O–H groups in total. The van der Waals surface area contributed by atoms with E-state index in [-0.39, 0.29) is 5.78 Å². The predicted molar refractivity (Wildman–Crippen MR) is 69.0 cm³/mol. The maximum absolute atomic E-state index is 12.2. The van der Waals surface area contributed by atoms with E-state index in [9.17, 15) is 4.79 Å². The van der Waals surface area contributed by atoms with Gasteiger partial charge in [0.15, 0.2) is 11.5 Å². The highest BCUT2D eigenvalue weighted by atomic mass is 16.5. The van der Waals surface area contributed by atoms with Crippen molar-refractivity contribution >= 4 is 5.78 Å². The number of methoxy groups -OCH3 is 1. The molecule has 1 aliphatic rings. The van der Waals surface area contributed by atoms with Crippen molar-refractivity contribution in [1.82, 2.24) is 15.1 Å². The number of aryl methyl sites for hydroxylation is 1. The van der Waals surface area contributed by atoms with Gasteiger partial charge in [-0.05, 0) is 25.8 Å². The summed E-state index contributed by atoms with van der Waals surface area (Å²) in [5.41, 5.74) is 0.577. The van der Waals surface area contributed by atoms with Crippen molar-refractivity contribution in [3.05, 3.63) is 11.9 Å². The van der Waals surface area contributed by atoms with Crippen LogP contribution in [0.25, 0.3) is 0 Å². The fourth-order valence-electron chi connectivity index (χ4n) is 2.48. The molecule has 0 amide bonds. The van der Waals surface area contributed by atoms with E-state index in [0.29, 0.717) is 23.9 Å². The molecular formula is C13H21N3O2. The second kappa shape index (κ2) is 6.00. The van der Waals surface area contributed by atoms with E-state index in [4.69, 9.17) is 4.74 Å². The van der Waals surface area contributed by atoms with E-state index in [1.165, 1.54) is 19.3 Å². The van der Waals surface area contributed by atoms with Crippen molar-refractivity contribution in [2.24, 2.45) is 7.05 Å². The first kappa shape index (κ1) is 13.1. The maximum atomic E-state index is 12.2. The fraction of sp³-hybridized carbons (Fsp3) is 0.692. The number of Topliss-reactive ketones (excluding diaryl/α,β-unsaturated/α-hetero) is 1. The molecule has 0 saturated carbocycles. The first-order valence-electron chi connectivity index (χ1n) is 6.55. The second-order valence-corrected chi connectivity index (χ2v) is 4.79. The molecule has 2 heterocycles. The third-order valence-corrected chi connectivity index (χ3v) is 3.52. The smallest absolute Gasteiger partial charge is 0.184 e. The molecule has 0 radical (unpaired) electrons. The monoisotopic (exact) mass is 251 g/mol. The molecule has 2 rings (SSSR count). The molecule has 1 aromatic rings. The second-order valence-electron chi connectivity index (χ2n) is 4.79. The molecule has 1 atom stereocenters. The van der Waals surface area contributed by atoms with Crippen LogP contribution >= 0.6 is 0 Å². The minimum atomic E-state index is 0.110. The molecule has 0 bridgehead atoms. The molecule has 1 aliphatic heterocycles. The van der Waals surface area contributed by atoms with Crippen molar-refractivity contribution < 1.29 is 9.53 Å². The van der Waals surface area contributed by atoms with Crippen LogP contribution in [0.2, 0.25) is 0 Å². The average Bonchev–Trinajstić information content (AvgIpc) is 2.78. The number of aromatic nitrogens is 2. The highest BCUT2D eigenvalue weighted by molar-refractivity contribution is 5.96. The number of piperidine rings is 1. The number of rotatable bonds is 5. The van der Waals surface area contributed by atoms with Crippen molar-refractivity contribution in [1.29, 1.82) is 0 Å². The Kier molecular flexibility index (Phi) is 4.36. The van der Waals surface area contributed by atoms with Gasteiger partial charge < -0.3 is 10.1 Å². The third-order valence-electron chi connectivity index (χ3n) is 3.52. The number of nitrogens with zero attached hydrogens (tertiary/aromatic N) is 2. The molecule has 5 nitrogen and oxygen atoms in total. The fourth-order valence-corrected chi connectivity index (χ4v) is 2.48. The molecule has 1 unspecified atom stereocenters. The maximum Gasteiger partial charge on any atom is 0.184 e. The minimum Gasteiger partial charge on any atom is -0.493 e. The van der Waals surface area contributed by atoms with Crippen molar-refractivity contribution in [3.8, 4) is 5.75 Å². The number of hydrogen-bond donors (Lipinski definition) is 1. The van der Waals surface area contributed by atoms with Crippen molar-refractivity contribution in [2.75, 3.05) is 13.7 Å². The number of ketones is 1. The molecule has 1 fully saturated rings. The summed E-state index contributed by atoms with van der Waals surface area (Å²) in [6.07, 6.45) is 6.73. The molecule has 0 aliphatic carbocycles. The van der Waals surface area contributed by atoms with Gasteiger partial charge >= 0.3 is 0 Å². The van der Waals surface area contributed by atoms with E-state index in [2.05, 4.69) is 10.4 Å². The third kappa shape index (κ3) is 2.90. The van der Waals surface area contributed by atoms with Gasteiger partial charge in [-0.15, -0.1) is 0 Å². The number of carbonyl (C=O) groups excluding carboxylic acids is 1. The zero-order chi connectivity index (χ0) is 13.0. The molecule has 5 heteroatoms. The lowest BCUT2D eigenvalue weighted by atomic mass is 9.98. The largest absolute Gasteiger partial charge is 0.493 e. The van der Waals surface area contributed by atoms with Gasteiger partial charge in [0.05, 0.1) is 13.3 Å². The summed E-state index contributed by atoms with van der Waals surface area (Å²) in [5, 5.41) is 7.52. The zero-order valence-electron chi connectivity index (χ0n) is 11.1. The zero-order valence-corrected chi connectivity index (χ0v) is 11.1. The summed E-state index contributed by atoms with van der Waals surface area (Å²) < 4.78 is 6.75. The van der Waals surface area contributed by atoms with Crippen LogP contribution in [-0.2, 0) is 7.05 Å². The molecule has 1 saturated heterocycles. The van der Waals surface area contributed by atoms with Crippen LogP contribution in [0, 0.1) is 0 Å². The predicted octanol–water partition coefficient (Wildman–Crippen LogP) is 1.53. The Balaban J connectivity index is 1.92. The summed E-state index contributed by atoms with van der Waals surface area (Å²) in [6.45, 7) is 1.08. The van der Waals surface area contributed by atoms with Gasteiger partial charge in [-0.3, -0.25) is 9.48 Å². The molecule has 0 aromatic carbocycles. The Hall–Kier alpha value is -1.36. The van der Waals surface area contributed by atoms with Crippen LogP contribution in [0.5, 0.6) is 5.75 Å². The van der Waals surface area contributed by atoms with Gasteiger partial charge in [-0.2, -0.15) is 5.10 Å². The van der Waals surface area contributed by atoms with Gasteiger partial charge in [0.2, 0.25) is 0 Å². The van der Waals surface area contributed by atoms with Gasteiger partial charge in [0, 0.05) is 19.5 Å². The Labute approximate surface area is 108 Å². The number of hydrogen-bond acceptors (Lipinski definition) is 4. The summed E-state index contributed by atoms with van der Waals surface area (Å²) in [4.78, 5) is 12.2. The van der Waals surface area contributed by atoms with Crippen LogP contribution in [-0.4, -0.2) is 35.3 Å². The van der Waals surface area contributed by atoms with E-state index >= 15 is 0 Å². The summed E-state index contributed by atoms with van der Waals surface area (Å²) in [7, 11) is 3.34. The molecule has 18 heavy (non-hydrogen) atoms. The van der Waals surface area contributed by atoms with E-state index in [0.717, 1.165) is 13.0 Å². The first-order chi connectivity index (χ1) is 8.72. The van der Waals surface area contributed by atoms with Crippen LogP contribution in [0.1, 0.15) is 42.6 Å². The lowest BCUT2D eigenvalue weighted by Gasteiger charge is -2.23. The first-order valence-corrected chi connectivity index (χ1v) is 6.55. The van der Waals surface area contributed by atoms with E-state index in [1.807, 2.05) is 0 Å². The molecule has 0 spiro atoms. The standard InChI is InChI=1S/C13H21N3O2/c1-16-13(12(18-2)9-15-16)11(17)7-6-10-5-3-4-8-14-10/h9-10,14H,3-8H2,1-2H3. The van der Waals surface area contributed by atoms with Gasteiger partial charge in [-0.25, -0.2) is 0 Å². The normalized spacial score (nSPS) is 19.8. The summed E-state index contributed by atoms with van der Waals surface area (Å²) in [5.74, 6) is 0.679. The number of ether oxygens (including phenoxy) is 1. The minimum absolute atomic E-state index is 0.110. The Bertz CT molecular complexity index is 408. The van der Waals surface area contributed by atoms with Crippen LogP contribution in [0.15, 0.2) is 6.20 Å². The molecular weight excluding hydrogens is 230 g/mol. The molecule has 100 valence electrons. The van der Waals surface area contributed by atoms with Gasteiger partial charge in [0.25, 0.3) is 0 Å². The lowest BCUT2D eigenvalue weighted by Crippen LogP contribution is -2.34. The topological polar surface area (TPSA) is 56.2 Å². The SMILES string of the molecule is COc1cnn(C)c1C(=O)CCC1CCCCN1. The van der Waals surface area contributed by atoms with Crippen LogP contribution in [0.3, 0.4) is 0 Å². The molecule has 1 aromatic heterocycles. The summed E-state index contributed by atoms with van der Waals surface area (Å²) >= 11 is 0. The van der Waals surface area contributed by atoms with Crippen molar-refractivity contribution in [2.45, 2.75) is 38.1 Å². The highest BCUT2D eigenvalue weighted by Crippen LogP contribution is 2.20. The Morgan fingerprint density at radius 2 is 2.44 bits per heavy atom. The Morgan fingerprint density at radius 1 is 1.61 bits per heavy atom.